The number of ether oxygens (including phenoxy) is 2. The predicted octanol–water partition coefficient (Wildman–Crippen LogP) is 8.06. The second-order valence-corrected chi connectivity index (χ2v) is 10.9. The number of anilines is 1. The maximum Gasteiger partial charge on any atom is 0.254 e. The van der Waals surface area contributed by atoms with Crippen LogP contribution in [0, 0.1) is 18.7 Å². The van der Waals surface area contributed by atoms with Gasteiger partial charge in [0.15, 0.2) is 0 Å². The van der Waals surface area contributed by atoms with Crippen molar-refractivity contribution in [2.45, 2.75) is 27.2 Å². The largest absolute Gasteiger partial charge is 0.497 e. The van der Waals surface area contributed by atoms with Crippen molar-refractivity contribution in [2.24, 2.45) is 10.9 Å². The minimum atomic E-state index is -0.249. The third-order valence-corrected chi connectivity index (χ3v) is 7.96. The van der Waals surface area contributed by atoms with Gasteiger partial charge in [-0.25, -0.2) is 4.39 Å². The lowest BCUT2D eigenvalue weighted by atomic mass is 9.95. The van der Waals surface area contributed by atoms with Crippen LogP contribution in [-0.2, 0) is 0 Å². The molecule has 1 heterocycles. The fourth-order valence-electron chi connectivity index (χ4n) is 5.15. The first-order valence-electron chi connectivity index (χ1n) is 14.8. The zero-order chi connectivity index (χ0) is 30.3. The second-order valence-electron chi connectivity index (χ2n) is 10.9. The Labute approximate surface area is 253 Å². The number of piperazine rings is 1. The van der Waals surface area contributed by atoms with Gasteiger partial charge in [0.05, 0.1) is 18.5 Å². The lowest BCUT2D eigenvalue weighted by molar-refractivity contribution is 0.0747. The van der Waals surface area contributed by atoms with E-state index in [0.717, 1.165) is 51.9 Å². The number of hydrogen-bond acceptors (Lipinski definition) is 5. The zero-order valence-corrected chi connectivity index (χ0v) is 25.2. The topological polar surface area (TPSA) is 54.4 Å². The number of carbonyl (C=O) groups excluding carboxylic acids is 1. The van der Waals surface area contributed by atoms with E-state index in [1.54, 1.807) is 19.2 Å². The van der Waals surface area contributed by atoms with Crippen LogP contribution in [0.2, 0.25) is 0 Å². The SMILES string of the molecule is CCC(C)C(=Nc1cc(C(=O)N2CCN(c3ccc(F)cc3)CC2)ccc1C)c1cccc(Oc2ccc(OC)cc2)c1. The van der Waals surface area contributed by atoms with Gasteiger partial charge in [0.2, 0.25) is 0 Å². The van der Waals surface area contributed by atoms with Crippen LogP contribution in [0.4, 0.5) is 15.8 Å². The van der Waals surface area contributed by atoms with Gasteiger partial charge in [-0.15, -0.1) is 0 Å². The summed E-state index contributed by atoms with van der Waals surface area (Å²) in [5, 5.41) is 0. The van der Waals surface area contributed by atoms with Gasteiger partial charge in [0, 0.05) is 37.4 Å². The molecule has 0 aromatic heterocycles. The standard InChI is InChI=1S/C36H38FN3O3/c1-5-25(2)35(27-7-6-8-33(23-27)43-32-17-15-31(42-4)16-18-32)38-34-24-28(10-9-26(34)3)36(41)40-21-19-39(20-22-40)30-13-11-29(37)12-14-30/h6-18,23-25H,5,19-22H2,1-4H3. The summed E-state index contributed by atoms with van der Waals surface area (Å²) in [6, 6.07) is 27.7. The van der Waals surface area contributed by atoms with Gasteiger partial charge < -0.3 is 19.3 Å². The quantitative estimate of drug-likeness (QED) is 0.188. The van der Waals surface area contributed by atoms with Gasteiger partial charge in [-0.3, -0.25) is 9.79 Å². The Hall–Kier alpha value is -4.65. The van der Waals surface area contributed by atoms with E-state index in [4.69, 9.17) is 14.5 Å². The van der Waals surface area contributed by atoms with Crippen LogP contribution in [-0.4, -0.2) is 49.8 Å². The number of methoxy groups -OCH3 is 1. The van der Waals surface area contributed by atoms with E-state index >= 15 is 0 Å². The molecule has 1 aliphatic heterocycles. The van der Waals surface area contributed by atoms with Crippen molar-refractivity contribution in [3.05, 3.63) is 114 Å². The molecule has 1 amide bonds. The summed E-state index contributed by atoms with van der Waals surface area (Å²) in [4.78, 5) is 22.8. The molecular formula is C36H38FN3O3. The number of rotatable bonds is 9. The van der Waals surface area contributed by atoms with Crippen LogP contribution in [0.1, 0.15) is 41.8 Å². The van der Waals surface area contributed by atoms with Crippen molar-refractivity contribution in [3.8, 4) is 17.2 Å². The summed E-state index contributed by atoms with van der Waals surface area (Å²) >= 11 is 0. The Bertz CT molecular complexity index is 1580. The van der Waals surface area contributed by atoms with E-state index in [0.29, 0.717) is 31.7 Å². The van der Waals surface area contributed by atoms with Crippen molar-refractivity contribution in [1.29, 1.82) is 0 Å². The van der Waals surface area contributed by atoms with E-state index in [-0.39, 0.29) is 17.6 Å². The lowest BCUT2D eigenvalue weighted by Gasteiger charge is -2.36. The van der Waals surface area contributed by atoms with Gasteiger partial charge in [-0.2, -0.15) is 0 Å². The van der Waals surface area contributed by atoms with Gasteiger partial charge >= 0.3 is 0 Å². The fraction of sp³-hybridized carbons (Fsp3) is 0.278. The average molecular weight is 580 g/mol. The van der Waals surface area contributed by atoms with E-state index in [1.807, 2.05) is 72.5 Å². The molecule has 0 spiro atoms. The summed E-state index contributed by atoms with van der Waals surface area (Å²) in [5.41, 5.74) is 5.31. The summed E-state index contributed by atoms with van der Waals surface area (Å²) in [5.74, 6) is 2.15. The highest BCUT2D eigenvalue weighted by Crippen LogP contribution is 2.29. The Morgan fingerprint density at radius 2 is 1.56 bits per heavy atom. The molecule has 0 radical (unpaired) electrons. The Kier molecular flexibility index (Phi) is 9.40. The molecule has 1 aliphatic rings. The van der Waals surface area contributed by atoms with E-state index < -0.39 is 0 Å². The van der Waals surface area contributed by atoms with E-state index in [9.17, 15) is 9.18 Å². The number of benzene rings is 4. The fourth-order valence-corrected chi connectivity index (χ4v) is 5.15. The molecule has 43 heavy (non-hydrogen) atoms. The number of hydrogen-bond donors (Lipinski definition) is 0. The van der Waals surface area contributed by atoms with E-state index in [1.165, 1.54) is 12.1 Å². The Morgan fingerprint density at radius 1 is 0.860 bits per heavy atom. The normalized spacial score (nSPS) is 14.4. The highest BCUT2D eigenvalue weighted by molar-refractivity contribution is 6.04. The van der Waals surface area contributed by atoms with Crippen molar-refractivity contribution >= 4 is 23.0 Å². The third-order valence-electron chi connectivity index (χ3n) is 7.96. The number of amides is 1. The molecule has 0 aliphatic carbocycles. The molecule has 0 saturated carbocycles. The molecule has 1 fully saturated rings. The number of carbonyl (C=O) groups is 1. The summed E-state index contributed by atoms with van der Waals surface area (Å²) < 4.78 is 24.7. The molecule has 4 aromatic carbocycles. The smallest absolute Gasteiger partial charge is 0.254 e. The average Bonchev–Trinajstić information content (AvgIpc) is 3.04. The zero-order valence-electron chi connectivity index (χ0n) is 25.2. The lowest BCUT2D eigenvalue weighted by Crippen LogP contribution is -2.48. The van der Waals surface area contributed by atoms with Crippen molar-refractivity contribution in [2.75, 3.05) is 38.2 Å². The molecule has 1 atom stereocenters. The number of halogens is 1. The van der Waals surface area contributed by atoms with Crippen molar-refractivity contribution in [1.82, 2.24) is 4.90 Å². The first-order valence-corrected chi connectivity index (χ1v) is 14.8. The summed E-state index contributed by atoms with van der Waals surface area (Å²) in [6.45, 7) is 8.93. The van der Waals surface area contributed by atoms with Crippen molar-refractivity contribution in [3.63, 3.8) is 0 Å². The number of aliphatic imine (C=N–C) groups is 1. The predicted molar refractivity (Wildman–Crippen MR) is 171 cm³/mol. The molecule has 7 heteroatoms. The second kappa shape index (κ2) is 13.6. The van der Waals surface area contributed by atoms with Gasteiger partial charge in [0.1, 0.15) is 23.1 Å². The Balaban J connectivity index is 1.35. The van der Waals surface area contributed by atoms with Crippen LogP contribution in [0.5, 0.6) is 17.2 Å². The first-order chi connectivity index (χ1) is 20.8. The maximum absolute atomic E-state index is 13.5. The maximum atomic E-state index is 13.5. The molecule has 1 unspecified atom stereocenters. The van der Waals surface area contributed by atoms with Crippen LogP contribution in [0.25, 0.3) is 0 Å². The molecular weight excluding hydrogens is 541 g/mol. The van der Waals surface area contributed by atoms with Crippen LogP contribution < -0.4 is 14.4 Å². The van der Waals surface area contributed by atoms with Crippen LogP contribution in [0.15, 0.2) is 96.0 Å². The molecule has 0 N–H and O–H groups in total. The monoisotopic (exact) mass is 579 g/mol. The van der Waals surface area contributed by atoms with Crippen molar-refractivity contribution < 1.29 is 18.7 Å². The Morgan fingerprint density at radius 3 is 2.23 bits per heavy atom. The summed E-state index contributed by atoms with van der Waals surface area (Å²) in [6.07, 6.45) is 0.915. The van der Waals surface area contributed by atoms with Gasteiger partial charge in [0.25, 0.3) is 5.91 Å². The van der Waals surface area contributed by atoms with Crippen LogP contribution >= 0.6 is 0 Å². The first kappa shape index (κ1) is 29.8. The molecule has 4 aromatic rings. The highest BCUT2D eigenvalue weighted by atomic mass is 19.1. The molecule has 6 nitrogen and oxygen atoms in total. The molecule has 0 bridgehead atoms. The number of aryl methyl sites for hydroxylation is 1. The summed E-state index contributed by atoms with van der Waals surface area (Å²) in [7, 11) is 1.64. The van der Waals surface area contributed by atoms with Gasteiger partial charge in [-0.05, 0) is 103 Å². The highest BCUT2D eigenvalue weighted by Gasteiger charge is 2.23. The third kappa shape index (κ3) is 7.23. The van der Waals surface area contributed by atoms with Gasteiger partial charge in [-0.1, -0.05) is 32.0 Å². The molecule has 1 saturated heterocycles. The minimum absolute atomic E-state index is 0.00446. The molecule has 222 valence electrons. The van der Waals surface area contributed by atoms with Crippen LogP contribution in [0.3, 0.4) is 0 Å². The molecule has 5 rings (SSSR count). The number of nitrogens with zero attached hydrogens (tertiary/aromatic N) is 3. The minimum Gasteiger partial charge on any atom is -0.497 e. The van der Waals surface area contributed by atoms with E-state index in [2.05, 4.69) is 24.8 Å².